The molecule has 1 amide bonds. The lowest BCUT2D eigenvalue weighted by atomic mass is 9.79. The van der Waals surface area contributed by atoms with Crippen molar-refractivity contribution in [1.29, 1.82) is 0 Å². The highest BCUT2D eigenvalue weighted by atomic mass is 16.1. The van der Waals surface area contributed by atoms with Crippen molar-refractivity contribution in [2.75, 3.05) is 0 Å². The van der Waals surface area contributed by atoms with Crippen LogP contribution >= 0.6 is 0 Å². The highest BCUT2D eigenvalue weighted by Crippen LogP contribution is 2.35. The Hall–Kier alpha value is -0.790. The summed E-state index contributed by atoms with van der Waals surface area (Å²) >= 11 is 0. The van der Waals surface area contributed by atoms with E-state index in [1.54, 1.807) is 0 Å². The number of allylic oxidation sites excluding steroid dienone is 1. The predicted octanol–water partition coefficient (Wildman–Crippen LogP) is 2.65. The fourth-order valence-electron chi connectivity index (χ4n) is 1.94. The van der Waals surface area contributed by atoms with Crippen molar-refractivity contribution in [1.82, 2.24) is 5.32 Å². The number of carbonyl (C=O) groups is 1. The quantitative estimate of drug-likeness (QED) is 0.686. The minimum Gasteiger partial charge on any atom is -0.353 e. The van der Waals surface area contributed by atoms with E-state index in [0.29, 0.717) is 0 Å². The fraction of sp³-hybridized carbons (Fsp3) is 0.750. The van der Waals surface area contributed by atoms with Crippen LogP contribution in [0.3, 0.4) is 0 Å². The number of nitrogens with one attached hydrogen (secondary N) is 1. The molecule has 0 aromatic carbocycles. The monoisotopic (exact) mass is 195 g/mol. The summed E-state index contributed by atoms with van der Waals surface area (Å²) in [5.41, 5.74) is 2.88. The van der Waals surface area contributed by atoms with Crippen LogP contribution in [-0.4, -0.2) is 11.9 Å². The maximum atomic E-state index is 11.7. The minimum atomic E-state index is 0.0844. The second-order valence-electron chi connectivity index (χ2n) is 4.37. The lowest BCUT2D eigenvalue weighted by Gasteiger charge is -2.28. The molecule has 0 aromatic heterocycles. The van der Waals surface area contributed by atoms with Crippen LogP contribution in [0.1, 0.15) is 47.0 Å². The first-order valence-electron chi connectivity index (χ1n) is 5.57. The van der Waals surface area contributed by atoms with Gasteiger partial charge in [-0.1, -0.05) is 18.1 Å². The van der Waals surface area contributed by atoms with Gasteiger partial charge in [0.1, 0.15) is 0 Å². The Morgan fingerprint density at radius 1 is 1.36 bits per heavy atom. The summed E-state index contributed by atoms with van der Waals surface area (Å²) in [7, 11) is 0. The summed E-state index contributed by atoms with van der Waals surface area (Å²) < 4.78 is 0. The Morgan fingerprint density at radius 2 is 2.00 bits per heavy atom. The summed E-state index contributed by atoms with van der Waals surface area (Å²) in [5, 5.41) is 2.96. The molecule has 80 valence electrons. The summed E-state index contributed by atoms with van der Waals surface area (Å²) in [6.07, 6.45) is 3.43. The van der Waals surface area contributed by atoms with Crippen LogP contribution in [0, 0.1) is 5.92 Å². The first kappa shape index (κ1) is 11.3. The summed E-state index contributed by atoms with van der Waals surface area (Å²) in [5.74, 6) is 0.266. The molecule has 2 heteroatoms. The Balaban J connectivity index is 2.57. The molecule has 14 heavy (non-hydrogen) atoms. The molecule has 1 N–H and O–H groups in total. The van der Waals surface area contributed by atoms with Crippen molar-refractivity contribution in [3.8, 4) is 0 Å². The molecule has 0 aliphatic heterocycles. The standard InChI is InChI=1S/C12H21NO/c1-5-10-6-7-11(10)9(4)12(14)13-8(2)3/h8-9H,5-7H2,1-4H3,(H,13,14). The Labute approximate surface area is 86.8 Å². The average Bonchev–Trinajstić information content (AvgIpc) is 2.01. The molecule has 2 nitrogen and oxygen atoms in total. The van der Waals surface area contributed by atoms with E-state index in [-0.39, 0.29) is 17.9 Å². The van der Waals surface area contributed by atoms with E-state index < -0.39 is 0 Å². The van der Waals surface area contributed by atoms with E-state index in [4.69, 9.17) is 0 Å². The molecule has 0 fully saturated rings. The van der Waals surface area contributed by atoms with E-state index >= 15 is 0 Å². The van der Waals surface area contributed by atoms with Gasteiger partial charge in [0.15, 0.2) is 0 Å². The molecule has 1 rings (SSSR count). The molecule has 1 atom stereocenters. The number of hydrogen-bond donors (Lipinski definition) is 1. The van der Waals surface area contributed by atoms with E-state index in [1.807, 2.05) is 20.8 Å². The molecular weight excluding hydrogens is 174 g/mol. The number of hydrogen-bond acceptors (Lipinski definition) is 1. The van der Waals surface area contributed by atoms with Crippen molar-refractivity contribution in [2.45, 2.75) is 53.0 Å². The zero-order valence-electron chi connectivity index (χ0n) is 9.68. The zero-order chi connectivity index (χ0) is 10.7. The number of amides is 1. The molecule has 0 aromatic rings. The van der Waals surface area contributed by atoms with Gasteiger partial charge >= 0.3 is 0 Å². The third-order valence-electron chi connectivity index (χ3n) is 2.92. The van der Waals surface area contributed by atoms with Crippen LogP contribution in [0.25, 0.3) is 0 Å². The topological polar surface area (TPSA) is 29.1 Å². The van der Waals surface area contributed by atoms with Crippen LogP contribution < -0.4 is 5.32 Å². The van der Waals surface area contributed by atoms with Gasteiger partial charge in [0.2, 0.25) is 5.91 Å². The third kappa shape index (κ3) is 2.37. The number of rotatable bonds is 4. The number of carbonyl (C=O) groups excluding carboxylic acids is 1. The molecule has 0 bridgehead atoms. The largest absolute Gasteiger partial charge is 0.353 e. The van der Waals surface area contributed by atoms with Crippen LogP contribution in [-0.2, 0) is 4.79 Å². The second kappa shape index (κ2) is 4.63. The lowest BCUT2D eigenvalue weighted by Crippen LogP contribution is -2.36. The van der Waals surface area contributed by atoms with E-state index in [1.165, 1.54) is 17.6 Å². The third-order valence-corrected chi connectivity index (χ3v) is 2.92. The molecule has 0 spiro atoms. The molecule has 0 saturated heterocycles. The van der Waals surface area contributed by atoms with Crippen molar-refractivity contribution in [3.63, 3.8) is 0 Å². The van der Waals surface area contributed by atoms with Gasteiger partial charge in [-0.15, -0.1) is 0 Å². The SMILES string of the molecule is CCC1=C(C(C)C(=O)NC(C)C)CC1. The maximum absolute atomic E-state index is 11.7. The van der Waals surface area contributed by atoms with Gasteiger partial charge in [0.25, 0.3) is 0 Å². The molecular formula is C12H21NO. The van der Waals surface area contributed by atoms with Crippen molar-refractivity contribution >= 4 is 5.91 Å². The van der Waals surface area contributed by atoms with Crippen molar-refractivity contribution < 1.29 is 4.79 Å². The average molecular weight is 195 g/mol. The normalized spacial score (nSPS) is 18.1. The van der Waals surface area contributed by atoms with Crippen LogP contribution in [0.4, 0.5) is 0 Å². The first-order chi connectivity index (χ1) is 6.56. The van der Waals surface area contributed by atoms with E-state index in [9.17, 15) is 4.79 Å². The highest BCUT2D eigenvalue weighted by Gasteiger charge is 2.25. The predicted molar refractivity (Wildman–Crippen MR) is 59.0 cm³/mol. The van der Waals surface area contributed by atoms with Gasteiger partial charge in [0.05, 0.1) is 5.92 Å². The van der Waals surface area contributed by atoms with Crippen LogP contribution in [0.2, 0.25) is 0 Å². The van der Waals surface area contributed by atoms with Gasteiger partial charge in [-0.2, -0.15) is 0 Å². The minimum absolute atomic E-state index is 0.0844. The van der Waals surface area contributed by atoms with Gasteiger partial charge in [0, 0.05) is 6.04 Å². The van der Waals surface area contributed by atoms with Gasteiger partial charge in [-0.3, -0.25) is 4.79 Å². The fourth-order valence-corrected chi connectivity index (χ4v) is 1.94. The smallest absolute Gasteiger partial charge is 0.227 e. The molecule has 1 aliphatic carbocycles. The maximum Gasteiger partial charge on any atom is 0.227 e. The van der Waals surface area contributed by atoms with Crippen molar-refractivity contribution in [2.24, 2.45) is 5.92 Å². The Morgan fingerprint density at radius 3 is 2.36 bits per heavy atom. The van der Waals surface area contributed by atoms with Crippen LogP contribution in [0.15, 0.2) is 11.1 Å². The van der Waals surface area contributed by atoms with E-state index in [2.05, 4.69) is 12.2 Å². The second-order valence-corrected chi connectivity index (χ2v) is 4.37. The Bertz CT molecular complexity index is 253. The molecule has 0 saturated carbocycles. The lowest BCUT2D eigenvalue weighted by molar-refractivity contribution is -0.124. The van der Waals surface area contributed by atoms with Gasteiger partial charge in [-0.25, -0.2) is 0 Å². The zero-order valence-corrected chi connectivity index (χ0v) is 9.68. The molecule has 0 radical (unpaired) electrons. The van der Waals surface area contributed by atoms with E-state index in [0.717, 1.165) is 12.8 Å². The first-order valence-corrected chi connectivity index (χ1v) is 5.57. The summed E-state index contributed by atoms with van der Waals surface area (Å²) in [6, 6.07) is 0.246. The highest BCUT2D eigenvalue weighted by molar-refractivity contribution is 5.82. The Kier molecular flexibility index (Phi) is 3.73. The summed E-state index contributed by atoms with van der Waals surface area (Å²) in [6.45, 7) is 8.18. The van der Waals surface area contributed by atoms with Gasteiger partial charge < -0.3 is 5.32 Å². The molecule has 1 aliphatic rings. The van der Waals surface area contributed by atoms with Crippen molar-refractivity contribution in [3.05, 3.63) is 11.1 Å². The van der Waals surface area contributed by atoms with Crippen LogP contribution in [0.5, 0.6) is 0 Å². The summed E-state index contributed by atoms with van der Waals surface area (Å²) in [4.78, 5) is 11.7. The molecule has 1 unspecified atom stereocenters. The molecule has 0 heterocycles. The van der Waals surface area contributed by atoms with Gasteiger partial charge in [-0.05, 0) is 40.0 Å².